The lowest BCUT2D eigenvalue weighted by molar-refractivity contribution is -0.147. The molecule has 1 N–H and O–H groups in total. The fraction of sp³-hybridized carbons (Fsp3) is 0.769. The Bertz CT molecular complexity index is 490. The maximum Gasteiger partial charge on any atom is 0.323 e. The van der Waals surface area contributed by atoms with Gasteiger partial charge in [-0.25, -0.2) is 4.98 Å². The smallest absolute Gasteiger partial charge is 0.323 e. The minimum absolute atomic E-state index is 0.00370. The van der Waals surface area contributed by atoms with E-state index in [2.05, 4.69) is 20.1 Å². The lowest BCUT2D eigenvalue weighted by atomic mass is 10.1. The van der Waals surface area contributed by atoms with E-state index >= 15 is 0 Å². The van der Waals surface area contributed by atoms with E-state index in [0.717, 1.165) is 25.2 Å². The standard InChI is InChI=1S/C13H20N4O3/c1-3-11-14-12(16-15-11)10-7-17(4-5-19-10)9-6-8(2)20-13(9)18/h8-10H,3-7H2,1-2H3,(H,14,15,16)/t8-,9-,10-/m0/s1. The number of nitrogens with one attached hydrogen (secondary N) is 1. The number of rotatable bonds is 3. The molecule has 0 aromatic carbocycles. The summed E-state index contributed by atoms with van der Waals surface area (Å²) in [6.45, 7) is 5.91. The predicted molar refractivity (Wildman–Crippen MR) is 70.0 cm³/mol. The molecule has 7 nitrogen and oxygen atoms in total. The summed E-state index contributed by atoms with van der Waals surface area (Å²) in [4.78, 5) is 18.4. The van der Waals surface area contributed by atoms with Crippen LogP contribution in [-0.2, 0) is 20.7 Å². The highest BCUT2D eigenvalue weighted by Gasteiger charge is 2.39. The molecule has 3 heterocycles. The van der Waals surface area contributed by atoms with Gasteiger partial charge in [0.05, 0.1) is 6.61 Å². The molecule has 3 atom stereocenters. The minimum Gasteiger partial charge on any atom is -0.461 e. The van der Waals surface area contributed by atoms with Crippen molar-refractivity contribution in [2.45, 2.75) is 44.9 Å². The zero-order valence-corrected chi connectivity index (χ0v) is 11.8. The Hall–Kier alpha value is -1.47. The normalized spacial score (nSPS) is 31.5. The van der Waals surface area contributed by atoms with E-state index in [4.69, 9.17) is 9.47 Å². The molecule has 2 aliphatic rings. The summed E-state index contributed by atoms with van der Waals surface area (Å²) in [5.41, 5.74) is 0. The number of hydrogen-bond acceptors (Lipinski definition) is 6. The maximum absolute atomic E-state index is 11.8. The van der Waals surface area contributed by atoms with Crippen LogP contribution in [0.1, 0.15) is 38.0 Å². The van der Waals surface area contributed by atoms with Crippen LogP contribution >= 0.6 is 0 Å². The second-order valence-electron chi connectivity index (χ2n) is 5.35. The second-order valence-corrected chi connectivity index (χ2v) is 5.35. The van der Waals surface area contributed by atoms with Crippen LogP contribution < -0.4 is 0 Å². The predicted octanol–water partition coefficient (Wildman–Crippen LogP) is 0.444. The van der Waals surface area contributed by atoms with Gasteiger partial charge in [0.15, 0.2) is 5.82 Å². The first-order valence-corrected chi connectivity index (χ1v) is 7.14. The summed E-state index contributed by atoms with van der Waals surface area (Å²) in [5.74, 6) is 1.41. The van der Waals surface area contributed by atoms with Gasteiger partial charge in [0.1, 0.15) is 24.1 Å². The topological polar surface area (TPSA) is 80.3 Å². The highest BCUT2D eigenvalue weighted by Crippen LogP contribution is 2.26. The average Bonchev–Trinajstić information content (AvgIpc) is 3.05. The number of carbonyl (C=O) groups excluding carboxylic acids is 1. The molecule has 0 radical (unpaired) electrons. The van der Waals surface area contributed by atoms with Crippen molar-refractivity contribution in [3.05, 3.63) is 11.6 Å². The van der Waals surface area contributed by atoms with Gasteiger partial charge in [0.25, 0.3) is 0 Å². The number of nitrogens with zero attached hydrogens (tertiary/aromatic N) is 3. The van der Waals surface area contributed by atoms with Crippen LogP contribution in [0.4, 0.5) is 0 Å². The molecule has 0 spiro atoms. The molecule has 110 valence electrons. The third-order valence-electron chi connectivity index (χ3n) is 3.86. The molecule has 0 aliphatic carbocycles. The first-order chi connectivity index (χ1) is 9.67. The molecule has 0 unspecified atom stereocenters. The van der Waals surface area contributed by atoms with Crippen LogP contribution in [0.15, 0.2) is 0 Å². The van der Waals surface area contributed by atoms with E-state index in [1.54, 1.807) is 0 Å². The molecule has 0 saturated carbocycles. The fourth-order valence-electron chi connectivity index (χ4n) is 2.75. The third-order valence-corrected chi connectivity index (χ3v) is 3.86. The van der Waals surface area contributed by atoms with Crippen molar-refractivity contribution in [3.8, 4) is 0 Å². The molecule has 0 amide bonds. The number of aryl methyl sites for hydroxylation is 1. The Kier molecular flexibility index (Phi) is 3.71. The second kappa shape index (κ2) is 5.49. The molecule has 7 heteroatoms. The number of esters is 1. The summed E-state index contributed by atoms with van der Waals surface area (Å²) in [5, 5.41) is 7.10. The average molecular weight is 280 g/mol. The summed E-state index contributed by atoms with van der Waals surface area (Å²) in [6.07, 6.45) is 1.39. The summed E-state index contributed by atoms with van der Waals surface area (Å²) in [6, 6.07) is -0.152. The van der Waals surface area contributed by atoms with E-state index in [0.29, 0.717) is 19.0 Å². The van der Waals surface area contributed by atoms with Crippen LogP contribution in [0.5, 0.6) is 0 Å². The van der Waals surface area contributed by atoms with Crippen LogP contribution in [0, 0.1) is 0 Å². The quantitative estimate of drug-likeness (QED) is 0.809. The van der Waals surface area contributed by atoms with Crippen molar-refractivity contribution in [3.63, 3.8) is 0 Å². The van der Waals surface area contributed by atoms with Gasteiger partial charge in [-0.3, -0.25) is 14.8 Å². The Labute approximate surface area is 117 Å². The lowest BCUT2D eigenvalue weighted by Gasteiger charge is -2.33. The zero-order chi connectivity index (χ0) is 14.1. The summed E-state index contributed by atoms with van der Waals surface area (Å²) >= 11 is 0. The van der Waals surface area contributed by atoms with Crippen molar-refractivity contribution in [2.75, 3.05) is 19.7 Å². The zero-order valence-electron chi connectivity index (χ0n) is 11.8. The van der Waals surface area contributed by atoms with Gasteiger partial charge in [0, 0.05) is 25.9 Å². The van der Waals surface area contributed by atoms with Gasteiger partial charge in [-0.05, 0) is 6.92 Å². The molecule has 3 rings (SSSR count). The van der Waals surface area contributed by atoms with Crippen LogP contribution in [-0.4, -0.2) is 57.9 Å². The molecule has 20 heavy (non-hydrogen) atoms. The van der Waals surface area contributed by atoms with Crippen molar-refractivity contribution in [2.24, 2.45) is 0 Å². The molecular weight excluding hydrogens is 260 g/mol. The van der Waals surface area contributed by atoms with Gasteiger partial charge >= 0.3 is 5.97 Å². The van der Waals surface area contributed by atoms with E-state index in [9.17, 15) is 4.79 Å². The SMILES string of the molecule is CCc1nc([C@@H]2CN([C@H]3C[C@H](C)OC3=O)CCO2)n[nH]1. The Morgan fingerprint density at radius 3 is 3.00 bits per heavy atom. The van der Waals surface area contributed by atoms with Gasteiger partial charge in [-0.1, -0.05) is 6.92 Å². The number of hydrogen-bond donors (Lipinski definition) is 1. The number of ether oxygens (including phenoxy) is 2. The summed E-state index contributed by atoms with van der Waals surface area (Å²) in [7, 11) is 0. The molecule has 0 bridgehead atoms. The first-order valence-electron chi connectivity index (χ1n) is 7.14. The van der Waals surface area contributed by atoms with Gasteiger partial charge in [-0.15, -0.1) is 0 Å². The Balaban J connectivity index is 1.68. The maximum atomic E-state index is 11.8. The van der Waals surface area contributed by atoms with Gasteiger partial charge in [-0.2, -0.15) is 5.10 Å². The number of aromatic amines is 1. The molecule has 1 aromatic rings. The Morgan fingerprint density at radius 1 is 1.50 bits per heavy atom. The van der Waals surface area contributed by atoms with Crippen molar-refractivity contribution < 1.29 is 14.3 Å². The molecule has 2 saturated heterocycles. The van der Waals surface area contributed by atoms with Crippen LogP contribution in [0.2, 0.25) is 0 Å². The molecular formula is C13H20N4O3. The molecule has 1 aromatic heterocycles. The largest absolute Gasteiger partial charge is 0.461 e. The number of morpholine rings is 1. The third kappa shape index (κ3) is 2.55. The van der Waals surface area contributed by atoms with Crippen molar-refractivity contribution in [1.82, 2.24) is 20.1 Å². The number of carbonyl (C=O) groups is 1. The highest BCUT2D eigenvalue weighted by molar-refractivity contribution is 5.78. The van der Waals surface area contributed by atoms with E-state index < -0.39 is 0 Å². The van der Waals surface area contributed by atoms with Gasteiger partial charge < -0.3 is 9.47 Å². The number of H-pyrrole nitrogens is 1. The van der Waals surface area contributed by atoms with Crippen LogP contribution in [0.25, 0.3) is 0 Å². The first kappa shape index (κ1) is 13.5. The fourth-order valence-corrected chi connectivity index (χ4v) is 2.75. The molecule has 2 fully saturated rings. The van der Waals surface area contributed by atoms with E-state index in [1.807, 2.05) is 13.8 Å². The lowest BCUT2D eigenvalue weighted by Crippen LogP contribution is -2.46. The molecule has 2 aliphatic heterocycles. The van der Waals surface area contributed by atoms with Crippen molar-refractivity contribution >= 4 is 5.97 Å². The number of aromatic nitrogens is 3. The Morgan fingerprint density at radius 2 is 2.35 bits per heavy atom. The van der Waals surface area contributed by atoms with E-state index in [1.165, 1.54) is 0 Å². The monoisotopic (exact) mass is 280 g/mol. The highest BCUT2D eigenvalue weighted by atomic mass is 16.6. The van der Waals surface area contributed by atoms with E-state index in [-0.39, 0.29) is 24.2 Å². The number of cyclic esters (lactones) is 1. The van der Waals surface area contributed by atoms with Gasteiger partial charge in [0.2, 0.25) is 0 Å². The van der Waals surface area contributed by atoms with Crippen LogP contribution in [0.3, 0.4) is 0 Å². The van der Waals surface area contributed by atoms with Crippen molar-refractivity contribution in [1.29, 1.82) is 0 Å². The minimum atomic E-state index is -0.177. The summed E-state index contributed by atoms with van der Waals surface area (Å²) < 4.78 is 11.0.